The number of hydrogen-bond donors (Lipinski definition) is 5. The molecule has 2 amide bonds. The molecular formula is C34H27F3N2O16. The van der Waals surface area contributed by atoms with Crippen molar-refractivity contribution in [3.8, 4) is 11.5 Å². The minimum Gasteiger partial charge on any atom is -0.480 e. The van der Waals surface area contributed by atoms with E-state index in [-0.39, 0.29) is 33.1 Å². The summed E-state index contributed by atoms with van der Waals surface area (Å²) in [5, 5.41) is 40.0. The number of amides is 2. The molecular weight excluding hydrogens is 749 g/mol. The van der Waals surface area contributed by atoms with Crippen molar-refractivity contribution < 1.29 is 85.8 Å². The van der Waals surface area contributed by atoms with E-state index < -0.39 is 97.3 Å². The third-order valence-electron chi connectivity index (χ3n) is 7.19. The minimum absolute atomic E-state index is 0.00594. The molecule has 0 saturated heterocycles. The molecule has 0 unspecified atom stereocenters. The summed E-state index contributed by atoms with van der Waals surface area (Å²) in [5.41, 5.74) is -2.80. The third-order valence-corrected chi connectivity index (χ3v) is 7.19. The number of hydroxylamine groups is 2. The lowest BCUT2D eigenvalue weighted by Crippen LogP contribution is -2.60. The van der Waals surface area contributed by atoms with Crippen LogP contribution < -0.4 is 20.4 Å². The zero-order valence-corrected chi connectivity index (χ0v) is 27.7. The number of ether oxygens (including phenoxy) is 3. The molecule has 0 aliphatic carbocycles. The Balaban J connectivity index is 1.69. The lowest BCUT2D eigenvalue weighted by atomic mass is 10.1. The molecule has 290 valence electrons. The molecule has 0 spiro atoms. The van der Waals surface area contributed by atoms with E-state index in [1.165, 1.54) is 12.1 Å². The predicted octanol–water partition coefficient (Wildman–Crippen LogP) is 3.15. The average molecular weight is 777 g/mol. The van der Waals surface area contributed by atoms with Gasteiger partial charge in [-0.2, -0.15) is 18.2 Å². The summed E-state index contributed by atoms with van der Waals surface area (Å²) >= 11 is 0. The van der Waals surface area contributed by atoms with Crippen molar-refractivity contribution in [2.45, 2.75) is 31.5 Å². The number of benzene rings is 3. The Hall–Kier alpha value is -7.16. The van der Waals surface area contributed by atoms with Gasteiger partial charge in [0.15, 0.2) is 36.8 Å². The van der Waals surface area contributed by atoms with Gasteiger partial charge in [0, 0.05) is 28.6 Å². The van der Waals surface area contributed by atoms with Crippen LogP contribution in [0.3, 0.4) is 0 Å². The number of rotatable bonds is 17. The summed E-state index contributed by atoms with van der Waals surface area (Å²) in [6.45, 7) is -3.31. The molecule has 0 aliphatic heterocycles. The number of nitrogens with one attached hydrogen (secondary N) is 1. The molecule has 0 fully saturated rings. The molecule has 4 rings (SSSR count). The van der Waals surface area contributed by atoms with Crippen LogP contribution in [0.1, 0.15) is 27.0 Å². The Morgan fingerprint density at radius 2 is 1.38 bits per heavy atom. The fourth-order valence-electron chi connectivity index (χ4n) is 4.72. The maximum absolute atomic E-state index is 13.6. The third kappa shape index (κ3) is 10.9. The summed E-state index contributed by atoms with van der Waals surface area (Å²) in [5.74, 6) is -8.95. The van der Waals surface area contributed by atoms with E-state index in [9.17, 15) is 56.9 Å². The number of carboxylic acid groups (broad SMARTS) is 4. The molecule has 0 aliphatic rings. The van der Waals surface area contributed by atoms with Crippen LogP contribution in [0.25, 0.3) is 11.0 Å². The molecule has 0 saturated carbocycles. The number of alkyl halides is 3. The van der Waals surface area contributed by atoms with Crippen molar-refractivity contribution >= 4 is 46.8 Å². The second kappa shape index (κ2) is 17.6. The molecule has 4 aromatic rings. The first-order valence-corrected chi connectivity index (χ1v) is 15.3. The maximum atomic E-state index is 13.6. The van der Waals surface area contributed by atoms with Crippen LogP contribution in [-0.2, 0) is 48.1 Å². The molecule has 2 atom stereocenters. The van der Waals surface area contributed by atoms with Crippen LogP contribution in [0, 0.1) is 0 Å². The summed E-state index contributed by atoms with van der Waals surface area (Å²) in [6, 6.07) is 7.98. The van der Waals surface area contributed by atoms with Gasteiger partial charge >= 0.3 is 41.8 Å². The SMILES string of the molecule is O=C(O)COc1cc2oc(=O)cc(COC(=O)N(OCc3ccccc3)[C@H](C(=O)O)[C@H](NC(=O)c3ccc(C(F)(F)F)cc3)C(=O)O)c2cc1OCC(=O)O. The van der Waals surface area contributed by atoms with Gasteiger partial charge in [-0.3, -0.25) is 9.63 Å². The monoisotopic (exact) mass is 776 g/mol. The quantitative estimate of drug-likeness (QED) is 0.0761. The number of hydrogen-bond acceptors (Lipinski definition) is 12. The molecule has 55 heavy (non-hydrogen) atoms. The maximum Gasteiger partial charge on any atom is 0.435 e. The van der Waals surface area contributed by atoms with E-state index in [1.54, 1.807) is 18.2 Å². The highest BCUT2D eigenvalue weighted by atomic mass is 19.4. The molecule has 1 heterocycles. The lowest BCUT2D eigenvalue weighted by Gasteiger charge is -2.31. The Morgan fingerprint density at radius 3 is 1.93 bits per heavy atom. The fourth-order valence-corrected chi connectivity index (χ4v) is 4.72. The first-order chi connectivity index (χ1) is 25.9. The Bertz CT molecular complexity index is 2140. The average Bonchev–Trinajstić information content (AvgIpc) is 3.12. The Kier molecular flexibility index (Phi) is 13.0. The summed E-state index contributed by atoms with van der Waals surface area (Å²) in [7, 11) is 0. The number of fused-ring (bicyclic) bond motifs is 1. The zero-order valence-electron chi connectivity index (χ0n) is 27.7. The van der Waals surface area contributed by atoms with E-state index in [2.05, 4.69) is 0 Å². The van der Waals surface area contributed by atoms with E-state index in [4.69, 9.17) is 33.7 Å². The number of carboxylic acids is 4. The Morgan fingerprint density at radius 1 is 0.782 bits per heavy atom. The second-order valence-electron chi connectivity index (χ2n) is 11.0. The highest BCUT2D eigenvalue weighted by Crippen LogP contribution is 2.34. The van der Waals surface area contributed by atoms with Gasteiger partial charge in [0.2, 0.25) is 0 Å². The predicted molar refractivity (Wildman–Crippen MR) is 174 cm³/mol. The normalized spacial score (nSPS) is 12.2. The van der Waals surface area contributed by atoms with Crippen molar-refractivity contribution in [2.75, 3.05) is 13.2 Å². The minimum atomic E-state index is -4.77. The van der Waals surface area contributed by atoms with Gasteiger partial charge in [-0.05, 0) is 35.9 Å². The van der Waals surface area contributed by atoms with Crippen molar-refractivity contribution in [2.24, 2.45) is 0 Å². The van der Waals surface area contributed by atoms with Crippen LogP contribution >= 0.6 is 0 Å². The van der Waals surface area contributed by atoms with E-state index in [0.29, 0.717) is 29.8 Å². The molecule has 1 aromatic heterocycles. The first kappa shape index (κ1) is 40.6. The Labute approximate surface area is 304 Å². The number of carbonyl (C=O) groups is 6. The van der Waals surface area contributed by atoms with Gasteiger partial charge in [-0.25, -0.2) is 28.8 Å². The fraction of sp³-hybridized carbons (Fsp3) is 0.206. The van der Waals surface area contributed by atoms with Gasteiger partial charge in [-0.15, -0.1) is 0 Å². The van der Waals surface area contributed by atoms with Crippen molar-refractivity contribution in [3.05, 3.63) is 105 Å². The van der Waals surface area contributed by atoms with Crippen LogP contribution in [0.2, 0.25) is 0 Å². The largest absolute Gasteiger partial charge is 0.480 e. The van der Waals surface area contributed by atoms with E-state index in [0.717, 1.165) is 18.2 Å². The van der Waals surface area contributed by atoms with Gasteiger partial charge in [0.1, 0.15) is 18.8 Å². The van der Waals surface area contributed by atoms with E-state index in [1.807, 2.05) is 5.32 Å². The molecule has 3 aromatic carbocycles. The van der Waals surface area contributed by atoms with Gasteiger partial charge in [0.25, 0.3) is 5.91 Å². The first-order valence-electron chi connectivity index (χ1n) is 15.3. The van der Waals surface area contributed by atoms with Crippen LogP contribution in [-0.4, -0.2) is 86.7 Å². The second-order valence-corrected chi connectivity index (χ2v) is 11.0. The number of carbonyl (C=O) groups excluding carboxylic acids is 2. The highest BCUT2D eigenvalue weighted by Gasteiger charge is 2.44. The number of halogens is 3. The molecule has 0 bridgehead atoms. The van der Waals surface area contributed by atoms with Crippen LogP contribution in [0.5, 0.6) is 11.5 Å². The van der Waals surface area contributed by atoms with Crippen molar-refractivity contribution in [1.29, 1.82) is 0 Å². The number of nitrogens with zero attached hydrogens (tertiary/aromatic N) is 1. The molecule has 21 heteroatoms. The van der Waals surface area contributed by atoms with E-state index >= 15 is 0 Å². The highest BCUT2D eigenvalue weighted by molar-refractivity contribution is 5.98. The van der Waals surface area contributed by atoms with Gasteiger partial charge in [-0.1, -0.05) is 30.3 Å². The summed E-state index contributed by atoms with van der Waals surface area (Å²) in [6.07, 6.45) is -6.45. The van der Waals surface area contributed by atoms with Crippen molar-refractivity contribution in [1.82, 2.24) is 10.4 Å². The molecule has 18 nitrogen and oxygen atoms in total. The lowest BCUT2D eigenvalue weighted by molar-refractivity contribution is -0.195. The summed E-state index contributed by atoms with van der Waals surface area (Å²) in [4.78, 5) is 91.7. The molecule has 0 radical (unpaired) electrons. The van der Waals surface area contributed by atoms with Gasteiger partial charge in [0.05, 0.1) is 5.56 Å². The van der Waals surface area contributed by atoms with Crippen LogP contribution in [0.4, 0.5) is 18.0 Å². The summed E-state index contributed by atoms with van der Waals surface area (Å²) < 4.78 is 59.7. The molecule has 5 N–H and O–H groups in total. The standard InChI is InChI=1S/C34H27F3N2O16/c35-34(36,37)20-8-6-18(7-9-20)30(45)38-28(31(46)47)29(32(48)49)39(54-13-17-4-2-1-3-5-17)33(50)53-14-19-10-27(44)55-22-12-24(52-16-26(42)43)23(11-21(19)22)51-15-25(40)41/h1-12,28-29H,13-16H2,(H,38,45)(H,40,41)(H,42,43)(H,46,47)(H,48,49)/t28-,29-/m0/s1. The van der Waals surface area contributed by atoms with Crippen molar-refractivity contribution in [3.63, 3.8) is 0 Å². The smallest absolute Gasteiger partial charge is 0.435 e. The van der Waals surface area contributed by atoms with Gasteiger partial charge < -0.3 is 44.4 Å². The topological polar surface area (TPSA) is 266 Å². The van der Waals surface area contributed by atoms with Crippen LogP contribution in [0.15, 0.2) is 82.0 Å². The number of aliphatic carboxylic acids is 4. The zero-order chi connectivity index (χ0) is 40.4.